The molecule has 2 aromatic rings. The van der Waals surface area contributed by atoms with Crippen LogP contribution in [0.15, 0.2) is 24.3 Å². The molecule has 1 N–H and O–H groups in total. The van der Waals surface area contributed by atoms with Crippen LogP contribution < -0.4 is 5.32 Å². The van der Waals surface area contributed by atoms with Gasteiger partial charge in [0.2, 0.25) is 17.8 Å². The Hall–Kier alpha value is -2.06. The van der Waals surface area contributed by atoms with Crippen LogP contribution in [-0.4, -0.2) is 64.1 Å². The molecule has 2 amide bonds. The summed E-state index contributed by atoms with van der Waals surface area (Å²) >= 11 is 1.35. The number of aromatic nitrogens is 2. The van der Waals surface area contributed by atoms with E-state index in [-0.39, 0.29) is 17.6 Å². The summed E-state index contributed by atoms with van der Waals surface area (Å²) in [7, 11) is 0. The van der Waals surface area contributed by atoms with Crippen molar-refractivity contribution in [2.45, 2.75) is 38.1 Å². The summed E-state index contributed by atoms with van der Waals surface area (Å²) in [5, 5.41) is 3.00. The maximum atomic E-state index is 12.6. The Morgan fingerprint density at radius 1 is 1.10 bits per heavy atom. The lowest BCUT2D eigenvalue weighted by Gasteiger charge is -2.26. The molecule has 2 heterocycles. The second-order valence-electron chi connectivity index (χ2n) is 7.62. The van der Waals surface area contributed by atoms with E-state index in [1.165, 1.54) is 31.0 Å². The Kier molecular flexibility index (Phi) is 6.71. The molecular weight excluding hydrogens is 388 g/mol. The standard InChI is InChI=1S/C21H28N4O3S/c26-19(14-29-15-20(27)24-10-12-28-13-11-24)23-21-22-17-8-4-5-9-18(17)25(21)16-6-2-1-3-7-16/h4-5,8-9,16H,1-3,6-7,10-15H2,(H,22,23,26). The Morgan fingerprint density at radius 3 is 2.66 bits per heavy atom. The molecule has 2 aliphatic rings. The van der Waals surface area contributed by atoms with Gasteiger partial charge in [-0.05, 0) is 25.0 Å². The number of para-hydroxylation sites is 2. The first kappa shape index (κ1) is 20.2. The Bertz CT molecular complexity index is 857. The van der Waals surface area contributed by atoms with Gasteiger partial charge in [0.1, 0.15) is 0 Å². The van der Waals surface area contributed by atoms with Gasteiger partial charge in [0.25, 0.3) is 0 Å². The Labute approximate surface area is 175 Å². The smallest absolute Gasteiger partial charge is 0.236 e. The monoisotopic (exact) mass is 416 g/mol. The van der Waals surface area contributed by atoms with E-state index in [2.05, 4.69) is 20.9 Å². The van der Waals surface area contributed by atoms with Crippen molar-refractivity contribution >= 4 is 40.6 Å². The van der Waals surface area contributed by atoms with E-state index < -0.39 is 0 Å². The van der Waals surface area contributed by atoms with Crippen LogP contribution in [0.25, 0.3) is 11.0 Å². The van der Waals surface area contributed by atoms with Crippen molar-refractivity contribution in [3.05, 3.63) is 24.3 Å². The highest BCUT2D eigenvalue weighted by Crippen LogP contribution is 2.34. The third-order valence-electron chi connectivity index (χ3n) is 5.61. The van der Waals surface area contributed by atoms with E-state index in [9.17, 15) is 9.59 Å². The first-order valence-electron chi connectivity index (χ1n) is 10.4. The molecule has 0 atom stereocenters. The molecular formula is C21H28N4O3S. The number of nitrogens with one attached hydrogen (secondary N) is 1. The molecule has 2 fully saturated rings. The number of thioether (sulfide) groups is 1. The molecule has 1 aliphatic carbocycles. The fourth-order valence-electron chi connectivity index (χ4n) is 4.14. The summed E-state index contributed by atoms with van der Waals surface area (Å²) in [6, 6.07) is 8.42. The number of nitrogens with zero attached hydrogens (tertiary/aromatic N) is 3. The number of morpholine rings is 1. The van der Waals surface area contributed by atoms with Crippen molar-refractivity contribution in [3.63, 3.8) is 0 Å². The van der Waals surface area contributed by atoms with Crippen LogP contribution in [0.2, 0.25) is 0 Å². The average molecular weight is 417 g/mol. The van der Waals surface area contributed by atoms with E-state index in [1.807, 2.05) is 18.2 Å². The maximum Gasteiger partial charge on any atom is 0.236 e. The number of amides is 2. The summed E-state index contributed by atoms with van der Waals surface area (Å²) < 4.78 is 7.48. The van der Waals surface area contributed by atoms with Gasteiger partial charge in [-0.25, -0.2) is 4.98 Å². The molecule has 4 rings (SSSR count). The number of carbonyl (C=O) groups is 2. The van der Waals surface area contributed by atoms with Crippen molar-refractivity contribution < 1.29 is 14.3 Å². The van der Waals surface area contributed by atoms with Crippen molar-refractivity contribution in [3.8, 4) is 0 Å². The number of ether oxygens (including phenoxy) is 1. The Balaban J connectivity index is 1.38. The molecule has 1 aliphatic heterocycles. The number of hydrogen-bond donors (Lipinski definition) is 1. The number of imidazole rings is 1. The van der Waals surface area contributed by atoms with E-state index in [1.54, 1.807) is 4.90 Å². The number of rotatable bonds is 6. The van der Waals surface area contributed by atoms with Gasteiger partial charge in [-0.3, -0.25) is 14.9 Å². The van der Waals surface area contributed by atoms with Gasteiger partial charge in [0.15, 0.2) is 0 Å². The molecule has 0 bridgehead atoms. The molecule has 0 unspecified atom stereocenters. The number of anilines is 1. The molecule has 29 heavy (non-hydrogen) atoms. The number of carbonyl (C=O) groups excluding carboxylic acids is 2. The third-order valence-corrected chi connectivity index (χ3v) is 6.53. The normalized spacial score (nSPS) is 18.1. The highest BCUT2D eigenvalue weighted by molar-refractivity contribution is 8.00. The number of hydrogen-bond acceptors (Lipinski definition) is 5. The van der Waals surface area contributed by atoms with E-state index >= 15 is 0 Å². The second kappa shape index (κ2) is 9.63. The molecule has 1 aromatic carbocycles. The highest BCUT2D eigenvalue weighted by Gasteiger charge is 2.23. The summed E-state index contributed by atoms with van der Waals surface area (Å²) in [6.07, 6.45) is 5.94. The lowest BCUT2D eigenvalue weighted by atomic mass is 9.95. The summed E-state index contributed by atoms with van der Waals surface area (Å²) in [5.41, 5.74) is 1.98. The zero-order valence-electron chi connectivity index (χ0n) is 16.6. The molecule has 156 valence electrons. The van der Waals surface area contributed by atoms with Gasteiger partial charge in [-0.2, -0.15) is 0 Å². The molecule has 1 aromatic heterocycles. The minimum atomic E-state index is -0.114. The molecule has 8 heteroatoms. The van der Waals surface area contributed by atoms with E-state index in [4.69, 9.17) is 4.74 Å². The predicted molar refractivity (Wildman–Crippen MR) is 115 cm³/mol. The Morgan fingerprint density at radius 2 is 1.86 bits per heavy atom. The fourth-order valence-corrected chi connectivity index (χ4v) is 4.85. The zero-order valence-corrected chi connectivity index (χ0v) is 17.5. The fraction of sp³-hybridized carbons (Fsp3) is 0.571. The van der Waals surface area contributed by atoms with Crippen LogP contribution in [0.1, 0.15) is 38.1 Å². The van der Waals surface area contributed by atoms with Crippen LogP contribution in [0.5, 0.6) is 0 Å². The van der Waals surface area contributed by atoms with E-state index in [0.29, 0.717) is 44.0 Å². The summed E-state index contributed by atoms with van der Waals surface area (Å²) in [5.74, 6) is 1.14. The first-order chi connectivity index (χ1) is 14.2. The number of benzene rings is 1. The zero-order chi connectivity index (χ0) is 20.1. The minimum absolute atomic E-state index is 0.0699. The first-order valence-corrected chi connectivity index (χ1v) is 11.6. The minimum Gasteiger partial charge on any atom is -0.378 e. The van der Waals surface area contributed by atoms with Crippen molar-refractivity contribution in [2.24, 2.45) is 0 Å². The van der Waals surface area contributed by atoms with Gasteiger partial charge in [-0.15, -0.1) is 11.8 Å². The van der Waals surface area contributed by atoms with Crippen molar-refractivity contribution in [1.29, 1.82) is 0 Å². The molecule has 0 radical (unpaired) electrons. The van der Waals surface area contributed by atoms with Crippen LogP contribution in [0, 0.1) is 0 Å². The molecule has 7 nitrogen and oxygen atoms in total. The molecule has 1 saturated heterocycles. The van der Waals surface area contributed by atoms with Gasteiger partial charge in [0, 0.05) is 19.1 Å². The SMILES string of the molecule is O=C(CSCC(=O)N1CCOCC1)Nc1nc2ccccc2n1C1CCCCC1. The van der Waals surface area contributed by atoms with Crippen molar-refractivity contribution in [1.82, 2.24) is 14.5 Å². The topological polar surface area (TPSA) is 76.5 Å². The van der Waals surface area contributed by atoms with Crippen LogP contribution in [0.3, 0.4) is 0 Å². The summed E-state index contributed by atoms with van der Waals surface area (Å²) in [6.45, 7) is 2.45. The van der Waals surface area contributed by atoms with Gasteiger partial charge >= 0.3 is 0 Å². The molecule has 0 spiro atoms. The largest absolute Gasteiger partial charge is 0.378 e. The second-order valence-corrected chi connectivity index (χ2v) is 8.61. The van der Waals surface area contributed by atoms with Crippen LogP contribution in [0.4, 0.5) is 5.95 Å². The van der Waals surface area contributed by atoms with Gasteiger partial charge < -0.3 is 14.2 Å². The molecule has 1 saturated carbocycles. The maximum absolute atomic E-state index is 12.6. The van der Waals surface area contributed by atoms with Gasteiger partial charge in [0.05, 0.1) is 35.8 Å². The van der Waals surface area contributed by atoms with Gasteiger partial charge in [-0.1, -0.05) is 31.4 Å². The summed E-state index contributed by atoms with van der Waals surface area (Å²) in [4.78, 5) is 31.2. The third kappa shape index (κ3) is 4.93. The lowest BCUT2D eigenvalue weighted by Crippen LogP contribution is -2.41. The predicted octanol–water partition coefficient (Wildman–Crippen LogP) is 3.07. The highest BCUT2D eigenvalue weighted by atomic mass is 32.2. The van der Waals surface area contributed by atoms with E-state index in [0.717, 1.165) is 23.9 Å². The number of fused-ring (bicyclic) bond motifs is 1. The van der Waals surface area contributed by atoms with Crippen LogP contribution >= 0.6 is 11.8 Å². The quantitative estimate of drug-likeness (QED) is 0.783. The lowest BCUT2D eigenvalue weighted by molar-refractivity contribution is -0.132. The van der Waals surface area contributed by atoms with Crippen molar-refractivity contribution in [2.75, 3.05) is 43.1 Å². The van der Waals surface area contributed by atoms with Crippen LogP contribution in [-0.2, 0) is 14.3 Å². The average Bonchev–Trinajstić information content (AvgIpc) is 3.12.